The molecule has 0 radical (unpaired) electrons. The molecule has 0 aromatic heterocycles. The number of hydrogen-bond acceptors (Lipinski definition) is 3. The number of Topliss-reactive ketones (excluding diaryl/α,β-unsaturated/α-hetero) is 1. The van der Waals surface area contributed by atoms with E-state index in [2.05, 4.69) is 0 Å². The third kappa shape index (κ3) is 2.72. The van der Waals surface area contributed by atoms with Crippen molar-refractivity contribution in [2.24, 2.45) is 0 Å². The quantitative estimate of drug-likeness (QED) is 0.540. The second-order valence-electron chi connectivity index (χ2n) is 1.77. The maximum absolute atomic E-state index is 10.4. The zero-order valence-electron chi connectivity index (χ0n) is 5.42. The van der Waals surface area contributed by atoms with Gasteiger partial charge in [-0.2, -0.15) is 0 Å². The van der Waals surface area contributed by atoms with Crippen molar-refractivity contribution in [1.82, 2.24) is 0 Å². The van der Waals surface area contributed by atoms with Crippen LogP contribution in [0.25, 0.3) is 0 Å². The normalized spacial score (nSPS) is 16.8. The smallest absolute Gasteiger partial charge is 0.144 e. The lowest BCUT2D eigenvalue weighted by atomic mass is 10.2. The van der Waals surface area contributed by atoms with Gasteiger partial charge in [0.15, 0.2) is 0 Å². The van der Waals surface area contributed by atoms with Crippen molar-refractivity contribution in [1.29, 1.82) is 0 Å². The molecule has 0 aromatic rings. The molecule has 0 aromatic carbocycles. The minimum atomic E-state index is -2.23. The van der Waals surface area contributed by atoms with E-state index in [1.165, 1.54) is 6.92 Å². The van der Waals surface area contributed by atoms with Gasteiger partial charge >= 0.3 is 0 Å². The van der Waals surface area contributed by atoms with E-state index in [1.807, 2.05) is 0 Å². The SMILES string of the molecule is CCC(C(C)=O)S(=O)[O-]. The molecular formula is C5H9O3S-. The summed E-state index contributed by atoms with van der Waals surface area (Å²) < 4.78 is 20.3. The molecule has 0 amide bonds. The van der Waals surface area contributed by atoms with E-state index in [0.717, 1.165) is 0 Å². The Kier molecular flexibility index (Phi) is 3.65. The molecule has 0 aliphatic carbocycles. The Balaban J connectivity index is 3.99. The monoisotopic (exact) mass is 149 g/mol. The third-order valence-corrected chi connectivity index (χ3v) is 2.19. The van der Waals surface area contributed by atoms with E-state index >= 15 is 0 Å². The highest BCUT2D eigenvalue weighted by atomic mass is 32.2. The van der Waals surface area contributed by atoms with Crippen LogP contribution in [0.3, 0.4) is 0 Å². The van der Waals surface area contributed by atoms with Crippen molar-refractivity contribution in [3.05, 3.63) is 0 Å². The summed E-state index contributed by atoms with van der Waals surface area (Å²) in [6, 6.07) is 0. The maximum atomic E-state index is 10.4. The Hall–Kier alpha value is -0.220. The van der Waals surface area contributed by atoms with E-state index in [1.54, 1.807) is 6.92 Å². The predicted molar refractivity (Wildman–Crippen MR) is 33.7 cm³/mol. The van der Waals surface area contributed by atoms with E-state index < -0.39 is 16.3 Å². The van der Waals surface area contributed by atoms with Crippen LogP contribution < -0.4 is 0 Å². The molecule has 0 aliphatic heterocycles. The summed E-state index contributed by atoms with van der Waals surface area (Å²) in [6.07, 6.45) is 0.367. The second kappa shape index (κ2) is 3.74. The van der Waals surface area contributed by atoms with Crippen LogP contribution in [0.5, 0.6) is 0 Å². The molecule has 0 fully saturated rings. The van der Waals surface area contributed by atoms with Crippen molar-refractivity contribution in [2.45, 2.75) is 25.5 Å². The second-order valence-corrected chi connectivity index (χ2v) is 2.86. The van der Waals surface area contributed by atoms with Gasteiger partial charge in [-0.05, 0) is 24.4 Å². The molecule has 0 saturated carbocycles. The number of carbonyl (C=O) groups excluding carboxylic acids is 1. The van der Waals surface area contributed by atoms with Crippen molar-refractivity contribution in [2.75, 3.05) is 0 Å². The molecule has 0 aliphatic rings. The van der Waals surface area contributed by atoms with Gasteiger partial charge in [-0.15, -0.1) is 0 Å². The van der Waals surface area contributed by atoms with Gasteiger partial charge in [-0.3, -0.25) is 9.00 Å². The van der Waals surface area contributed by atoms with Crippen LogP contribution in [-0.2, 0) is 15.9 Å². The summed E-state index contributed by atoms with van der Waals surface area (Å²) in [4.78, 5) is 10.4. The number of rotatable bonds is 3. The molecule has 0 saturated heterocycles. The summed E-state index contributed by atoms with van der Waals surface area (Å²) in [5.74, 6) is -0.286. The van der Waals surface area contributed by atoms with Crippen LogP contribution in [0.1, 0.15) is 20.3 Å². The number of ketones is 1. The molecule has 0 rings (SSSR count). The summed E-state index contributed by atoms with van der Waals surface area (Å²) in [5.41, 5.74) is 0. The lowest BCUT2D eigenvalue weighted by molar-refractivity contribution is -0.116. The summed E-state index contributed by atoms with van der Waals surface area (Å²) >= 11 is -2.23. The Bertz CT molecular complexity index is 118. The van der Waals surface area contributed by atoms with Crippen LogP contribution in [0.4, 0.5) is 0 Å². The first-order chi connectivity index (χ1) is 4.09. The Labute approximate surface area is 56.7 Å². The third-order valence-electron chi connectivity index (χ3n) is 1.06. The molecule has 4 heteroatoms. The molecule has 0 spiro atoms. The molecule has 9 heavy (non-hydrogen) atoms. The topological polar surface area (TPSA) is 57.2 Å². The van der Waals surface area contributed by atoms with Crippen molar-refractivity contribution < 1.29 is 13.6 Å². The van der Waals surface area contributed by atoms with Crippen LogP contribution in [-0.4, -0.2) is 19.8 Å². The lowest BCUT2D eigenvalue weighted by Gasteiger charge is -2.13. The highest BCUT2D eigenvalue weighted by Gasteiger charge is 2.10. The first-order valence-electron chi connectivity index (χ1n) is 2.68. The predicted octanol–water partition coefficient (Wildman–Crippen LogP) is 0.233. The van der Waals surface area contributed by atoms with Gasteiger partial charge in [0.2, 0.25) is 0 Å². The molecule has 2 atom stereocenters. The molecule has 2 unspecified atom stereocenters. The summed E-state index contributed by atoms with van der Waals surface area (Å²) in [5, 5.41) is -0.801. The Morgan fingerprint density at radius 1 is 1.78 bits per heavy atom. The lowest BCUT2D eigenvalue weighted by Crippen LogP contribution is -2.21. The van der Waals surface area contributed by atoms with Gasteiger partial charge in [0, 0.05) is 0 Å². The standard InChI is InChI=1S/C5H10O3S/c1-3-5(4(2)6)9(7)8/h5H,3H2,1-2H3,(H,7,8)/p-1. The fourth-order valence-electron chi connectivity index (χ4n) is 0.559. The molecule has 54 valence electrons. The minimum Gasteiger partial charge on any atom is -0.772 e. The summed E-state index contributed by atoms with van der Waals surface area (Å²) in [7, 11) is 0. The highest BCUT2D eigenvalue weighted by molar-refractivity contribution is 7.80. The molecule has 0 heterocycles. The van der Waals surface area contributed by atoms with E-state index in [9.17, 15) is 13.6 Å². The first kappa shape index (κ1) is 8.78. The molecule has 0 N–H and O–H groups in total. The molecular weight excluding hydrogens is 140 g/mol. The Morgan fingerprint density at radius 2 is 2.22 bits per heavy atom. The van der Waals surface area contributed by atoms with Crippen LogP contribution in [0, 0.1) is 0 Å². The van der Waals surface area contributed by atoms with E-state index in [4.69, 9.17) is 0 Å². The van der Waals surface area contributed by atoms with Crippen LogP contribution >= 0.6 is 0 Å². The van der Waals surface area contributed by atoms with E-state index in [0.29, 0.717) is 6.42 Å². The first-order valence-corrected chi connectivity index (χ1v) is 3.82. The van der Waals surface area contributed by atoms with Crippen LogP contribution in [0.2, 0.25) is 0 Å². The van der Waals surface area contributed by atoms with Gasteiger partial charge in [-0.1, -0.05) is 6.92 Å². The minimum absolute atomic E-state index is 0.286. The summed E-state index contributed by atoms with van der Waals surface area (Å²) in [6.45, 7) is 2.95. The average Bonchev–Trinajstić information content (AvgIpc) is 1.64. The van der Waals surface area contributed by atoms with Crippen molar-refractivity contribution in [3.63, 3.8) is 0 Å². The number of carbonyl (C=O) groups is 1. The van der Waals surface area contributed by atoms with Gasteiger partial charge in [0.25, 0.3) is 0 Å². The van der Waals surface area contributed by atoms with Gasteiger partial charge in [0.05, 0.1) is 5.25 Å². The zero-order chi connectivity index (χ0) is 7.44. The van der Waals surface area contributed by atoms with Crippen molar-refractivity contribution >= 4 is 16.9 Å². The average molecular weight is 149 g/mol. The fourth-order valence-corrected chi connectivity index (χ4v) is 1.10. The van der Waals surface area contributed by atoms with Crippen molar-refractivity contribution in [3.8, 4) is 0 Å². The van der Waals surface area contributed by atoms with Gasteiger partial charge < -0.3 is 4.55 Å². The fraction of sp³-hybridized carbons (Fsp3) is 0.800. The van der Waals surface area contributed by atoms with Crippen LogP contribution in [0.15, 0.2) is 0 Å². The molecule has 3 nitrogen and oxygen atoms in total. The van der Waals surface area contributed by atoms with Gasteiger partial charge in [-0.25, -0.2) is 0 Å². The highest BCUT2D eigenvalue weighted by Crippen LogP contribution is 1.99. The maximum Gasteiger partial charge on any atom is 0.144 e. The Morgan fingerprint density at radius 3 is 2.22 bits per heavy atom. The largest absolute Gasteiger partial charge is 0.772 e. The van der Waals surface area contributed by atoms with E-state index in [-0.39, 0.29) is 5.78 Å². The zero-order valence-corrected chi connectivity index (χ0v) is 6.23. The van der Waals surface area contributed by atoms with Gasteiger partial charge in [0.1, 0.15) is 5.78 Å². The molecule has 0 bridgehead atoms. The number of hydrogen-bond donors (Lipinski definition) is 0.